The van der Waals surface area contributed by atoms with E-state index in [0.717, 1.165) is 5.56 Å². The molecule has 1 aliphatic heterocycles. The van der Waals surface area contributed by atoms with Crippen LogP contribution in [0.1, 0.15) is 27.2 Å². The monoisotopic (exact) mass is 500 g/mol. The lowest BCUT2D eigenvalue weighted by atomic mass is 10.1. The number of benzene rings is 2. The third-order valence-electron chi connectivity index (χ3n) is 5.44. The molecule has 11 heteroatoms. The Labute approximate surface area is 204 Å². The summed E-state index contributed by atoms with van der Waals surface area (Å²) in [6.45, 7) is 1.95. The number of aromatic nitrogens is 1. The Morgan fingerprint density at radius 2 is 1.86 bits per heavy atom. The molecule has 3 N–H and O–H groups in total. The van der Waals surface area contributed by atoms with Crippen molar-refractivity contribution in [3.8, 4) is 11.5 Å². The zero-order chi connectivity index (χ0) is 25.9. The number of pyridine rings is 1. The van der Waals surface area contributed by atoms with Gasteiger partial charge in [-0.15, -0.1) is 0 Å². The first-order chi connectivity index (χ1) is 17.2. The largest absolute Gasteiger partial charge is 0.468 e. The molecule has 0 bridgehead atoms. The number of nitrogens with one attached hydrogen (secondary N) is 3. The van der Waals surface area contributed by atoms with Crippen molar-refractivity contribution in [1.29, 1.82) is 0 Å². The highest BCUT2D eigenvalue weighted by molar-refractivity contribution is 6.08. The summed E-state index contributed by atoms with van der Waals surface area (Å²) in [4.78, 5) is 28.9. The molecule has 2 aromatic carbocycles. The van der Waals surface area contributed by atoms with E-state index in [0.29, 0.717) is 29.1 Å². The number of amides is 2. The van der Waals surface area contributed by atoms with E-state index in [1.807, 2.05) is 0 Å². The highest BCUT2D eigenvalue weighted by Crippen LogP contribution is 2.43. The van der Waals surface area contributed by atoms with E-state index in [-0.39, 0.29) is 29.5 Å². The first-order valence-electron chi connectivity index (χ1n) is 11.0. The molecule has 0 saturated carbocycles. The number of carbonyl (C=O) groups is 2. The lowest BCUT2D eigenvalue weighted by Crippen LogP contribution is -2.43. The Morgan fingerprint density at radius 3 is 2.64 bits per heavy atom. The van der Waals surface area contributed by atoms with Gasteiger partial charge in [-0.2, -0.15) is 13.2 Å². The SMILES string of the molecule is CNC(=O)Cc1cc(CNc2ccccc2C(=O)Nc2cc3c(cc2C)OC(F)(F)C(F)O3)ccn1. The molecule has 3 aromatic rings. The van der Waals surface area contributed by atoms with Crippen molar-refractivity contribution in [3.63, 3.8) is 0 Å². The Bertz CT molecular complexity index is 1300. The zero-order valence-corrected chi connectivity index (χ0v) is 19.4. The van der Waals surface area contributed by atoms with Crippen molar-refractivity contribution < 1.29 is 32.2 Å². The van der Waals surface area contributed by atoms with Gasteiger partial charge < -0.3 is 25.4 Å². The van der Waals surface area contributed by atoms with Crippen LogP contribution < -0.4 is 25.4 Å². The molecule has 36 heavy (non-hydrogen) atoms. The molecule has 188 valence electrons. The van der Waals surface area contributed by atoms with Gasteiger partial charge in [0.05, 0.1) is 12.0 Å². The Hall–Kier alpha value is -4.28. The maximum Gasteiger partial charge on any atom is 0.468 e. The number of rotatable bonds is 7. The van der Waals surface area contributed by atoms with Crippen molar-refractivity contribution in [3.05, 3.63) is 77.1 Å². The van der Waals surface area contributed by atoms with Gasteiger partial charge in [-0.25, -0.2) is 0 Å². The molecule has 0 saturated heterocycles. The first kappa shape index (κ1) is 24.8. The molecule has 8 nitrogen and oxygen atoms in total. The molecule has 0 fully saturated rings. The average molecular weight is 500 g/mol. The van der Waals surface area contributed by atoms with Crippen LogP contribution in [-0.4, -0.2) is 36.3 Å². The molecule has 1 atom stereocenters. The topological polar surface area (TPSA) is 102 Å². The van der Waals surface area contributed by atoms with Gasteiger partial charge in [0, 0.05) is 42.9 Å². The summed E-state index contributed by atoms with van der Waals surface area (Å²) in [6, 6.07) is 12.9. The summed E-state index contributed by atoms with van der Waals surface area (Å²) < 4.78 is 49.5. The summed E-state index contributed by atoms with van der Waals surface area (Å²) >= 11 is 0. The van der Waals surface area contributed by atoms with Gasteiger partial charge in [-0.3, -0.25) is 14.6 Å². The molecule has 1 unspecified atom stereocenters. The number of hydrogen-bond acceptors (Lipinski definition) is 6. The van der Waals surface area contributed by atoms with Crippen LogP contribution in [0.25, 0.3) is 0 Å². The lowest BCUT2D eigenvalue weighted by Gasteiger charge is -2.29. The van der Waals surface area contributed by atoms with Crippen LogP contribution in [0, 0.1) is 6.92 Å². The molecule has 0 radical (unpaired) electrons. The molecule has 2 heterocycles. The zero-order valence-electron chi connectivity index (χ0n) is 19.4. The number of hydrogen-bond donors (Lipinski definition) is 3. The van der Waals surface area contributed by atoms with Gasteiger partial charge in [0.15, 0.2) is 11.5 Å². The molecule has 1 aromatic heterocycles. The van der Waals surface area contributed by atoms with Gasteiger partial charge in [0.1, 0.15) is 0 Å². The van der Waals surface area contributed by atoms with E-state index in [1.165, 1.54) is 12.1 Å². The average Bonchev–Trinajstić information content (AvgIpc) is 2.84. The highest BCUT2D eigenvalue weighted by atomic mass is 19.3. The summed E-state index contributed by atoms with van der Waals surface area (Å²) in [6.07, 6.45) is -5.31. The maximum absolute atomic E-state index is 13.6. The fraction of sp³-hybridized carbons (Fsp3) is 0.240. The number of para-hydroxylation sites is 1. The lowest BCUT2D eigenvalue weighted by molar-refractivity contribution is -0.281. The van der Waals surface area contributed by atoms with Gasteiger partial charge in [-0.1, -0.05) is 12.1 Å². The second kappa shape index (κ2) is 10.1. The van der Waals surface area contributed by atoms with E-state index in [9.17, 15) is 22.8 Å². The fourth-order valence-electron chi connectivity index (χ4n) is 3.55. The molecule has 1 aliphatic rings. The highest BCUT2D eigenvalue weighted by Gasteiger charge is 2.49. The Morgan fingerprint density at radius 1 is 1.08 bits per heavy atom. The van der Waals surface area contributed by atoms with Crippen LogP contribution in [0.4, 0.5) is 24.5 Å². The van der Waals surface area contributed by atoms with Crippen LogP contribution >= 0.6 is 0 Å². The normalized spacial score (nSPS) is 15.6. The van der Waals surface area contributed by atoms with Crippen LogP contribution in [0.3, 0.4) is 0 Å². The number of anilines is 2. The molecular formula is C25H23F3N4O4. The number of likely N-dealkylation sites (N-methyl/N-ethyl adjacent to an activating group) is 1. The van der Waals surface area contributed by atoms with Crippen molar-refractivity contribution in [2.45, 2.75) is 32.4 Å². The quantitative estimate of drug-likeness (QED) is 0.450. The minimum atomic E-state index is -4.10. The van der Waals surface area contributed by atoms with E-state index >= 15 is 0 Å². The number of fused-ring (bicyclic) bond motifs is 1. The minimum Gasteiger partial charge on any atom is -0.447 e. The summed E-state index contributed by atoms with van der Waals surface area (Å²) in [5, 5.41) is 8.46. The second-order valence-electron chi connectivity index (χ2n) is 8.07. The van der Waals surface area contributed by atoms with E-state index < -0.39 is 18.4 Å². The van der Waals surface area contributed by atoms with E-state index in [1.54, 1.807) is 56.6 Å². The predicted molar refractivity (Wildman–Crippen MR) is 126 cm³/mol. The van der Waals surface area contributed by atoms with Crippen molar-refractivity contribution >= 4 is 23.2 Å². The Balaban J connectivity index is 1.49. The second-order valence-corrected chi connectivity index (χ2v) is 8.07. The van der Waals surface area contributed by atoms with Gasteiger partial charge >= 0.3 is 12.5 Å². The smallest absolute Gasteiger partial charge is 0.447 e. The van der Waals surface area contributed by atoms with Crippen molar-refractivity contribution in [2.75, 3.05) is 17.7 Å². The standard InChI is InChI=1S/C25H23F3N4O4/c1-14-9-21-20(35-24(26)25(27,28)36-21)12-19(14)32-23(34)17-5-3-4-6-18(17)31-13-15-7-8-30-16(10-15)11-22(33)29-2/h3-10,12,24,31H,11,13H2,1-2H3,(H,29,33)(H,32,34). The number of halogens is 3. The molecular weight excluding hydrogens is 477 g/mol. The maximum atomic E-state index is 13.6. The molecule has 0 aliphatic carbocycles. The van der Waals surface area contributed by atoms with Crippen LogP contribution in [0.5, 0.6) is 11.5 Å². The van der Waals surface area contributed by atoms with Gasteiger partial charge in [0.25, 0.3) is 5.91 Å². The van der Waals surface area contributed by atoms with Crippen LogP contribution in [0.2, 0.25) is 0 Å². The van der Waals surface area contributed by atoms with Gasteiger partial charge in [0.2, 0.25) is 5.91 Å². The number of ether oxygens (including phenoxy) is 2. The fourth-order valence-corrected chi connectivity index (χ4v) is 3.55. The molecule has 0 spiro atoms. The van der Waals surface area contributed by atoms with Crippen molar-refractivity contribution in [2.24, 2.45) is 0 Å². The third-order valence-corrected chi connectivity index (χ3v) is 5.44. The first-order valence-corrected chi connectivity index (χ1v) is 11.0. The molecule has 2 amide bonds. The van der Waals surface area contributed by atoms with Crippen molar-refractivity contribution in [1.82, 2.24) is 10.3 Å². The third kappa shape index (κ3) is 5.51. The number of nitrogens with zero attached hydrogens (tertiary/aromatic N) is 1. The molecule has 4 rings (SSSR count). The minimum absolute atomic E-state index is 0.152. The number of carbonyl (C=O) groups excluding carboxylic acids is 2. The Kier molecular flexibility index (Phi) is 7.00. The summed E-state index contributed by atoms with van der Waals surface area (Å²) in [7, 11) is 1.55. The number of aryl methyl sites for hydroxylation is 1. The van der Waals surface area contributed by atoms with Gasteiger partial charge in [-0.05, 0) is 48.4 Å². The number of alkyl halides is 3. The summed E-state index contributed by atoms with van der Waals surface area (Å²) in [5.41, 5.74) is 3.01. The van der Waals surface area contributed by atoms with Crippen LogP contribution in [0.15, 0.2) is 54.7 Å². The van der Waals surface area contributed by atoms with E-state index in [2.05, 4.69) is 30.4 Å². The van der Waals surface area contributed by atoms with E-state index in [4.69, 9.17) is 0 Å². The summed E-state index contributed by atoms with van der Waals surface area (Å²) in [5.74, 6) is -1.19. The predicted octanol–water partition coefficient (Wildman–Crippen LogP) is 4.20. The van der Waals surface area contributed by atoms with Crippen LogP contribution in [-0.2, 0) is 17.8 Å².